The molecule has 34 heavy (non-hydrogen) atoms. The van der Waals surface area contributed by atoms with Gasteiger partial charge in [-0.05, 0) is 12.8 Å². The summed E-state index contributed by atoms with van der Waals surface area (Å²) < 4.78 is 145. The minimum absolute atomic E-state index is 0.152. The van der Waals surface area contributed by atoms with Crippen molar-refractivity contribution in [2.45, 2.75) is 108 Å². The van der Waals surface area contributed by atoms with Crippen molar-refractivity contribution in [3.8, 4) is 0 Å². The van der Waals surface area contributed by atoms with E-state index in [0.29, 0.717) is 0 Å². The van der Waals surface area contributed by atoms with Gasteiger partial charge in [0.1, 0.15) is 6.61 Å². The van der Waals surface area contributed by atoms with Crippen molar-refractivity contribution < 1.29 is 57.2 Å². The van der Waals surface area contributed by atoms with E-state index in [9.17, 15) is 43.9 Å². The molecule has 0 amide bonds. The molecule has 0 aromatic carbocycles. The number of halogens is 10. The van der Waals surface area contributed by atoms with Crippen LogP contribution in [0.25, 0.3) is 0 Å². The minimum Gasteiger partial charge on any atom is -0.377 e. The van der Waals surface area contributed by atoms with Crippen LogP contribution in [-0.2, 0) is 13.3 Å². The minimum atomic E-state index is -6.23. The average molecular weight is 543 g/mol. The van der Waals surface area contributed by atoms with E-state index in [4.69, 9.17) is 8.85 Å². The fourth-order valence-electron chi connectivity index (χ4n) is 2.66. The van der Waals surface area contributed by atoms with Gasteiger partial charge in [-0.3, -0.25) is 0 Å². The number of unbranched alkanes of at least 4 members (excludes halogenated alkanes) is 4. The maximum absolute atomic E-state index is 13.7. The molecule has 1 atom stereocenters. The van der Waals surface area contributed by atoms with Crippen molar-refractivity contribution in [3.05, 3.63) is 0 Å². The second-order valence-corrected chi connectivity index (χ2v) is 10.8. The van der Waals surface area contributed by atoms with Crippen LogP contribution < -0.4 is 0 Å². The van der Waals surface area contributed by atoms with Gasteiger partial charge in [-0.1, -0.05) is 52.9 Å². The highest BCUT2D eigenvalue weighted by molar-refractivity contribution is 6.60. The van der Waals surface area contributed by atoms with E-state index in [0.717, 1.165) is 14.2 Å². The summed E-state index contributed by atoms with van der Waals surface area (Å²) >= 11 is 0. The molecule has 0 aliphatic heterocycles. The van der Waals surface area contributed by atoms with E-state index >= 15 is 0 Å². The molecular weight excluding hydrogens is 506 g/mol. The first-order chi connectivity index (χ1) is 15.4. The Balaban J connectivity index is 0. The SMILES string of the molecule is CCCCCCC.CC[Si](OC)(OC)OCC(F)(F)C(F)(F)C(F)(F)C(F)CCCC(F)(F)F. The predicted octanol–water partition coefficient (Wildman–Crippen LogP) is 8.21. The van der Waals surface area contributed by atoms with E-state index in [2.05, 4.69) is 18.3 Å². The smallest absolute Gasteiger partial charge is 0.377 e. The van der Waals surface area contributed by atoms with Gasteiger partial charge in [0.05, 0.1) is 0 Å². The Labute approximate surface area is 195 Å². The Kier molecular flexibility index (Phi) is 16.2. The molecule has 0 spiro atoms. The molecule has 0 saturated heterocycles. The highest BCUT2D eigenvalue weighted by Gasteiger charge is 2.74. The summed E-state index contributed by atoms with van der Waals surface area (Å²) in [5.74, 6) is -17.7. The van der Waals surface area contributed by atoms with Gasteiger partial charge in [-0.2, -0.15) is 39.5 Å². The molecule has 14 heteroatoms. The molecule has 0 aliphatic carbocycles. The summed E-state index contributed by atoms with van der Waals surface area (Å²) in [6.07, 6.45) is -6.40. The Morgan fingerprint density at radius 3 is 1.56 bits per heavy atom. The van der Waals surface area contributed by atoms with E-state index in [1.54, 1.807) is 0 Å². The first kappa shape index (κ1) is 35.6. The topological polar surface area (TPSA) is 27.7 Å². The Hall–Kier alpha value is -0.603. The molecule has 0 radical (unpaired) electrons. The largest absolute Gasteiger partial charge is 0.500 e. The third-order valence-corrected chi connectivity index (χ3v) is 7.62. The van der Waals surface area contributed by atoms with Crippen molar-refractivity contribution >= 4 is 8.80 Å². The summed E-state index contributed by atoms with van der Waals surface area (Å²) in [5.41, 5.74) is 0. The van der Waals surface area contributed by atoms with Gasteiger partial charge in [0, 0.05) is 26.7 Å². The van der Waals surface area contributed by atoms with Crippen LogP contribution in [0.4, 0.5) is 43.9 Å². The summed E-state index contributed by atoms with van der Waals surface area (Å²) in [5, 5.41) is 0. The van der Waals surface area contributed by atoms with Gasteiger partial charge in [-0.25, -0.2) is 4.39 Å². The van der Waals surface area contributed by atoms with E-state index in [1.807, 2.05) is 0 Å². The van der Waals surface area contributed by atoms with Gasteiger partial charge in [-0.15, -0.1) is 0 Å². The van der Waals surface area contributed by atoms with Gasteiger partial charge in [0.2, 0.25) is 0 Å². The fourth-order valence-corrected chi connectivity index (χ4v) is 4.25. The van der Waals surface area contributed by atoms with Crippen molar-refractivity contribution in [1.82, 2.24) is 0 Å². The van der Waals surface area contributed by atoms with Crippen LogP contribution in [0.5, 0.6) is 0 Å². The van der Waals surface area contributed by atoms with Gasteiger partial charge in [0.15, 0.2) is 6.17 Å². The van der Waals surface area contributed by atoms with Crippen molar-refractivity contribution in [3.63, 3.8) is 0 Å². The molecule has 0 N–H and O–H groups in total. The number of rotatable bonds is 16. The van der Waals surface area contributed by atoms with E-state index in [1.165, 1.54) is 39.0 Å². The van der Waals surface area contributed by atoms with Gasteiger partial charge in [0.25, 0.3) is 0 Å². The molecule has 208 valence electrons. The third kappa shape index (κ3) is 11.4. The zero-order valence-electron chi connectivity index (χ0n) is 20.2. The van der Waals surface area contributed by atoms with E-state index < -0.39 is 64.8 Å². The van der Waals surface area contributed by atoms with Crippen molar-refractivity contribution in [1.29, 1.82) is 0 Å². The zero-order chi connectivity index (χ0) is 27.3. The quantitative estimate of drug-likeness (QED) is 0.112. The Bertz CT molecular complexity index is 517. The highest BCUT2D eigenvalue weighted by atomic mass is 28.4. The zero-order valence-corrected chi connectivity index (χ0v) is 21.2. The lowest BCUT2D eigenvalue weighted by atomic mass is 9.97. The molecule has 3 nitrogen and oxygen atoms in total. The Morgan fingerprint density at radius 2 is 1.21 bits per heavy atom. The number of alkyl halides is 10. The number of hydrogen-bond acceptors (Lipinski definition) is 3. The fraction of sp³-hybridized carbons (Fsp3) is 1.00. The van der Waals surface area contributed by atoms with Gasteiger partial charge >= 0.3 is 32.7 Å². The average Bonchev–Trinajstić information content (AvgIpc) is 2.74. The molecular formula is C20H36F10O3Si. The number of hydrogen-bond donors (Lipinski definition) is 0. The highest BCUT2D eigenvalue weighted by Crippen LogP contribution is 2.49. The first-order valence-corrected chi connectivity index (χ1v) is 12.9. The predicted molar refractivity (Wildman–Crippen MR) is 110 cm³/mol. The maximum Gasteiger partial charge on any atom is 0.500 e. The van der Waals surface area contributed by atoms with Crippen LogP contribution in [0.3, 0.4) is 0 Å². The lowest BCUT2D eigenvalue weighted by Gasteiger charge is -2.36. The standard InChI is InChI=1S/C13H20F10O3Si.C7H16/c1-4-27(24-2,25-3)26-8-10(15,16)13(22,23)12(20,21)9(14)6-5-7-11(17,18)19;1-3-5-7-6-4-2/h9H,4-8H2,1-3H3;3-7H2,1-2H3. The molecule has 0 fully saturated rings. The van der Waals surface area contributed by atoms with Crippen LogP contribution in [0.2, 0.25) is 6.04 Å². The van der Waals surface area contributed by atoms with Crippen LogP contribution >= 0.6 is 0 Å². The molecule has 1 unspecified atom stereocenters. The third-order valence-electron chi connectivity index (χ3n) is 4.92. The van der Waals surface area contributed by atoms with Gasteiger partial charge < -0.3 is 13.3 Å². The first-order valence-electron chi connectivity index (χ1n) is 11.0. The maximum atomic E-state index is 13.7. The van der Waals surface area contributed by atoms with Crippen molar-refractivity contribution in [2.24, 2.45) is 0 Å². The monoisotopic (exact) mass is 542 g/mol. The van der Waals surface area contributed by atoms with Crippen LogP contribution in [-0.4, -0.2) is 59.7 Å². The van der Waals surface area contributed by atoms with Crippen LogP contribution in [0.1, 0.15) is 72.1 Å². The second kappa shape index (κ2) is 15.5. The molecule has 0 aromatic rings. The van der Waals surface area contributed by atoms with Crippen molar-refractivity contribution in [2.75, 3.05) is 20.8 Å². The van der Waals surface area contributed by atoms with E-state index in [-0.39, 0.29) is 6.04 Å². The molecule has 0 aliphatic rings. The summed E-state index contributed by atoms with van der Waals surface area (Å²) in [4.78, 5) is 0. The molecule has 0 bridgehead atoms. The molecule has 0 heterocycles. The summed E-state index contributed by atoms with van der Waals surface area (Å²) in [7, 11) is -1.86. The molecule has 0 saturated carbocycles. The summed E-state index contributed by atoms with van der Waals surface area (Å²) in [6.45, 7) is 3.58. The molecule has 0 rings (SSSR count). The van der Waals surface area contributed by atoms with Crippen LogP contribution in [0.15, 0.2) is 0 Å². The molecule has 0 aromatic heterocycles. The Morgan fingerprint density at radius 1 is 0.735 bits per heavy atom. The lowest BCUT2D eigenvalue weighted by molar-refractivity contribution is -0.331. The second-order valence-electron chi connectivity index (χ2n) is 7.67. The lowest BCUT2D eigenvalue weighted by Crippen LogP contribution is -2.61. The summed E-state index contributed by atoms with van der Waals surface area (Å²) in [6, 6.07) is -0.152. The van der Waals surface area contributed by atoms with Crippen LogP contribution in [0, 0.1) is 0 Å². The normalized spacial score (nSPS) is 14.6.